The first kappa shape index (κ1) is 15.3. The van der Waals surface area contributed by atoms with Crippen LogP contribution in [0.15, 0.2) is 42.5 Å². The maximum atomic E-state index is 6.19. The predicted molar refractivity (Wildman–Crippen MR) is 86.2 cm³/mol. The fourth-order valence-corrected chi connectivity index (χ4v) is 2.55. The summed E-state index contributed by atoms with van der Waals surface area (Å²) in [5, 5.41) is 1.41. The summed E-state index contributed by atoms with van der Waals surface area (Å²) in [7, 11) is 0. The molecule has 1 atom stereocenters. The molecule has 0 saturated heterocycles. The fraction of sp³-hybridized carbons (Fsp3) is 0.250. The highest BCUT2D eigenvalue weighted by Crippen LogP contribution is 2.22. The molecular formula is C16H18Cl2N2. The van der Waals surface area contributed by atoms with Gasteiger partial charge in [-0.1, -0.05) is 53.0 Å². The van der Waals surface area contributed by atoms with Crippen molar-refractivity contribution in [2.75, 3.05) is 0 Å². The van der Waals surface area contributed by atoms with E-state index in [1.54, 1.807) is 6.07 Å². The second-order valence-electron chi connectivity index (χ2n) is 4.99. The van der Waals surface area contributed by atoms with Crippen molar-refractivity contribution in [3.63, 3.8) is 0 Å². The van der Waals surface area contributed by atoms with E-state index in [1.165, 1.54) is 11.1 Å². The van der Waals surface area contributed by atoms with Gasteiger partial charge in [-0.2, -0.15) is 0 Å². The highest BCUT2D eigenvalue weighted by Gasteiger charge is 2.11. The first-order valence-electron chi connectivity index (χ1n) is 6.54. The Hall–Kier alpha value is -1.06. The minimum absolute atomic E-state index is 0.119. The molecule has 2 nitrogen and oxygen atoms in total. The van der Waals surface area contributed by atoms with E-state index >= 15 is 0 Å². The molecule has 4 heteroatoms. The van der Waals surface area contributed by atoms with Gasteiger partial charge in [0.2, 0.25) is 0 Å². The maximum Gasteiger partial charge on any atom is 0.0439 e. The summed E-state index contributed by atoms with van der Waals surface area (Å²) in [6, 6.07) is 14.1. The summed E-state index contributed by atoms with van der Waals surface area (Å²) in [5.74, 6) is 5.66. The third-order valence-electron chi connectivity index (χ3n) is 3.31. The van der Waals surface area contributed by atoms with Crippen LogP contribution in [-0.4, -0.2) is 6.04 Å². The van der Waals surface area contributed by atoms with Crippen LogP contribution in [0.25, 0.3) is 0 Å². The molecule has 2 aromatic rings. The Labute approximate surface area is 129 Å². The van der Waals surface area contributed by atoms with Crippen molar-refractivity contribution >= 4 is 23.2 Å². The Bertz CT molecular complexity index is 567. The molecular weight excluding hydrogens is 291 g/mol. The van der Waals surface area contributed by atoms with Gasteiger partial charge in [0.1, 0.15) is 0 Å². The number of benzene rings is 2. The number of halogens is 2. The molecule has 0 aliphatic carbocycles. The molecule has 0 spiro atoms. The van der Waals surface area contributed by atoms with Crippen LogP contribution in [0.2, 0.25) is 10.0 Å². The Morgan fingerprint density at radius 3 is 2.40 bits per heavy atom. The van der Waals surface area contributed by atoms with E-state index in [9.17, 15) is 0 Å². The first-order chi connectivity index (χ1) is 9.58. The lowest BCUT2D eigenvalue weighted by molar-refractivity contribution is 0.522. The third kappa shape index (κ3) is 4.22. The lowest BCUT2D eigenvalue weighted by atomic mass is 9.99. The molecule has 106 valence electrons. The van der Waals surface area contributed by atoms with Gasteiger partial charge in [0.25, 0.3) is 0 Å². The maximum absolute atomic E-state index is 6.19. The number of rotatable bonds is 5. The van der Waals surface area contributed by atoms with Crippen molar-refractivity contribution in [1.29, 1.82) is 0 Å². The Balaban J connectivity index is 2.08. The zero-order chi connectivity index (χ0) is 14.5. The highest BCUT2D eigenvalue weighted by atomic mass is 35.5. The van der Waals surface area contributed by atoms with Crippen molar-refractivity contribution < 1.29 is 0 Å². The number of nitrogens with one attached hydrogen (secondary N) is 1. The SMILES string of the molecule is Cc1ccc(CC(Cc2cc(Cl)ccc2Cl)NN)cc1. The molecule has 0 aliphatic heterocycles. The Morgan fingerprint density at radius 2 is 1.75 bits per heavy atom. The van der Waals surface area contributed by atoms with Crippen LogP contribution in [-0.2, 0) is 12.8 Å². The summed E-state index contributed by atoms with van der Waals surface area (Å²) < 4.78 is 0. The van der Waals surface area contributed by atoms with Gasteiger partial charge in [0.15, 0.2) is 0 Å². The lowest BCUT2D eigenvalue weighted by Gasteiger charge is -2.17. The van der Waals surface area contributed by atoms with Gasteiger partial charge in [-0.15, -0.1) is 0 Å². The monoisotopic (exact) mass is 308 g/mol. The first-order valence-corrected chi connectivity index (χ1v) is 7.29. The van der Waals surface area contributed by atoms with E-state index in [1.807, 2.05) is 12.1 Å². The zero-order valence-corrected chi connectivity index (χ0v) is 12.9. The number of hydrogen-bond acceptors (Lipinski definition) is 2. The van der Waals surface area contributed by atoms with E-state index in [0.29, 0.717) is 5.02 Å². The van der Waals surface area contributed by atoms with Crippen molar-refractivity contribution in [1.82, 2.24) is 5.43 Å². The lowest BCUT2D eigenvalue weighted by Crippen LogP contribution is -2.38. The molecule has 2 aromatic carbocycles. The van der Waals surface area contributed by atoms with Crippen LogP contribution >= 0.6 is 23.2 Å². The van der Waals surface area contributed by atoms with Gasteiger partial charge >= 0.3 is 0 Å². The molecule has 2 rings (SSSR count). The topological polar surface area (TPSA) is 38.0 Å². The molecule has 0 amide bonds. The molecule has 0 saturated carbocycles. The molecule has 20 heavy (non-hydrogen) atoms. The van der Waals surface area contributed by atoms with Crippen LogP contribution in [0.3, 0.4) is 0 Å². The second-order valence-corrected chi connectivity index (χ2v) is 5.84. The van der Waals surface area contributed by atoms with Gasteiger partial charge in [0.05, 0.1) is 0 Å². The van der Waals surface area contributed by atoms with Crippen molar-refractivity contribution in [3.05, 3.63) is 69.2 Å². The normalized spacial score (nSPS) is 12.4. The Kier molecular flexibility index (Phi) is 5.44. The Morgan fingerprint density at radius 1 is 1.05 bits per heavy atom. The van der Waals surface area contributed by atoms with E-state index in [0.717, 1.165) is 23.4 Å². The molecule has 0 aromatic heterocycles. The number of hydrazine groups is 1. The average Bonchev–Trinajstić information content (AvgIpc) is 2.44. The number of aryl methyl sites for hydroxylation is 1. The quantitative estimate of drug-likeness (QED) is 0.649. The molecule has 0 aliphatic rings. The molecule has 0 radical (unpaired) electrons. The van der Waals surface area contributed by atoms with Crippen LogP contribution in [0.5, 0.6) is 0 Å². The summed E-state index contributed by atoms with van der Waals surface area (Å²) >= 11 is 12.2. The number of nitrogens with two attached hydrogens (primary N) is 1. The second kappa shape index (κ2) is 7.09. The summed E-state index contributed by atoms with van der Waals surface area (Å²) in [5.41, 5.74) is 6.37. The molecule has 0 bridgehead atoms. The van der Waals surface area contributed by atoms with Gasteiger partial charge in [-0.25, -0.2) is 0 Å². The third-order valence-corrected chi connectivity index (χ3v) is 3.92. The fourth-order valence-electron chi connectivity index (χ4n) is 2.16. The van der Waals surface area contributed by atoms with Crippen LogP contribution in [0.1, 0.15) is 16.7 Å². The molecule has 0 heterocycles. The van der Waals surface area contributed by atoms with Crippen molar-refractivity contribution in [3.8, 4) is 0 Å². The minimum Gasteiger partial charge on any atom is -0.271 e. The standard InChI is InChI=1S/C16H18Cl2N2/c1-11-2-4-12(5-3-11)8-15(20-19)10-13-9-14(17)6-7-16(13)18/h2-7,9,15,20H,8,10,19H2,1H3. The van der Waals surface area contributed by atoms with E-state index < -0.39 is 0 Å². The van der Waals surface area contributed by atoms with Crippen LogP contribution in [0, 0.1) is 6.92 Å². The van der Waals surface area contributed by atoms with Gasteiger partial charge < -0.3 is 0 Å². The smallest absolute Gasteiger partial charge is 0.0439 e. The largest absolute Gasteiger partial charge is 0.271 e. The van der Waals surface area contributed by atoms with Crippen LogP contribution in [0.4, 0.5) is 0 Å². The van der Waals surface area contributed by atoms with Gasteiger partial charge in [-0.05, 0) is 49.1 Å². The zero-order valence-electron chi connectivity index (χ0n) is 11.4. The van der Waals surface area contributed by atoms with E-state index in [-0.39, 0.29) is 6.04 Å². The highest BCUT2D eigenvalue weighted by molar-refractivity contribution is 6.33. The minimum atomic E-state index is 0.119. The summed E-state index contributed by atoms with van der Waals surface area (Å²) in [6.45, 7) is 2.08. The predicted octanol–water partition coefficient (Wildman–Crippen LogP) is 3.92. The number of hydrogen-bond donors (Lipinski definition) is 2. The molecule has 1 unspecified atom stereocenters. The summed E-state index contributed by atoms with van der Waals surface area (Å²) in [4.78, 5) is 0. The van der Waals surface area contributed by atoms with Gasteiger partial charge in [0, 0.05) is 16.1 Å². The van der Waals surface area contributed by atoms with Crippen molar-refractivity contribution in [2.24, 2.45) is 5.84 Å². The van der Waals surface area contributed by atoms with Crippen LogP contribution < -0.4 is 11.3 Å². The molecule has 0 fully saturated rings. The summed E-state index contributed by atoms with van der Waals surface area (Å²) in [6.07, 6.45) is 1.59. The van der Waals surface area contributed by atoms with E-state index in [2.05, 4.69) is 36.6 Å². The van der Waals surface area contributed by atoms with Gasteiger partial charge in [-0.3, -0.25) is 11.3 Å². The van der Waals surface area contributed by atoms with Crippen molar-refractivity contribution in [2.45, 2.75) is 25.8 Å². The van der Waals surface area contributed by atoms with E-state index in [4.69, 9.17) is 29.0 Å². The molecule has 3 N–H and O–H groups in total. The average molecular weight is 309 g/mol.